The summed E-state index contributed by atoms with van der Waals surface area (Å²) in [5.41, 5.74) is -0.363. The van der Waals surface area contributed by atoms with Crippen molar-refractivity contribution in [3.05, 3.63) is 29.0 Å². The van der Waals surface area contributed by atoms with Crippen molar-refractivity contribution in [2.45, 2.75) is 18.4 Å². The van der Waals surface area contributed by atoms with Crippen molar-refractivity contribution in [1.29, 1.82) is 0 Å². The number of carbonyl (C=O) groups excluding carboxylic acids is 1. The van der Waals surface area contributed by atoms with Crippen LogP contribution >= 0.6 is 24.0 Å². The first-order valence-corrected chi connectivity index (χ1v) is 6.47. The van der Waals surface area contributed by atoms with Crippen LogP contribution in [0.3, 0.4) is 0 Å². The lowest BCUT2D eigenvalue weighted by Gasteiger charge is -2.34. The minimum Gasteiger partial charge on any atom is -0.368 e. The number of methoxy groups -OCH3 is 1. The van der Waals surface area contributed by atoms with Gasteiger partial charge in [0.1, 0.15) is 11.4 Å². The number of hydrogen-bond acceptors (Lipinski definition) is 3. The molecule has 0 radical (unpaired) electrons. The minimum atomic E-state index is -0.827. The zero-order valence-electron chi connectivity index (χ0n) is 11.0. The molecule has 0 atom stereocenters. The third kappa shape index (κ3) is 3.61. The summed E-state index contributed by atoms with van der Waals surface area (Å²) in [4.78, 5) is 12.3. The number of nitrogens with one attached hydrogen (secondary N) is 2. The molecule has 7 heteroatoms. The van der Waals surface area contributed by atoms with Crippen LogP contribution in [0.1, 0.15) is 12.8 Å². The molecule has 0 aromatic heterocycles. The van der Waals surface area contributed by atoms with E-state index in [2.05, 4.69) is 10.6 Å². The molecule has 1 heterocycles. The average molecular weight is 323 g/mol. The predicted molar refractivity (Wildman–Crippen MR) is 79.1 cm³/mol. The smallest absolute Gasteiger partial charge is 0.256 e. The average Bonchev–Trinajstić information content (AvgIpc) is 2.43. The van der Waals surface area contributed by atoms with Gasteiger partial charge in [0.25, 0.3) is 5.91 Å². The fourth-order valence-corrected chi connectivity index (χ4v) is 2.35. The molecule has 1 aliphatic rings. The van der Waals surface area contributed by atoms with Gasteiger partial charge in [-0.25, -0.2) is 4.39 Å². The Balaban J connectivity index is 0.00000200. The van der Waals surface area contributed by atoms with Gasteiger partial charge in [-0.1, -0.05) is 11.6 Å². The van der Waals surface area contributed by atoms with E-state index in [-0.39, 0.29) is 23.3 Å². The standard InChI is InChI=1S/C13H16ClFN2O2.ClH/c1-19-13(4-6-16-7-5-13)12(18)17-9-2-3-11(15)10(14)8-9;/h2-3,8,16H,4-7H2,1H3,(H,17,18);1H. The molecule has 112 valence electrons. The first-order valence-electron chi connectivity index (χ1n) is 6.10. The Labute approximate surface area is 128 Å². The molecule has 1 fully saturated rings. The number of carbonyl (C=O) groups is 1. The Hall–Kier alpha value is -0.880. The summed E-state index contributed by atoms with van der Waals surface area (Å²) in [6.45, 7) is 1.46. The number of amides is 1. The number of halogens is 3. The van der Waals surface area contributed by atoms with Gasteiger partial charge in [0, 0.05) is 12.8 Å². The summed E-state index contributed by atoms with van der Waals surface area (Å²) in [5.74, 6) is -0.734. The van der Waals surface area contributed by atoms with E-state index in [0.717, 1.165) is 13.1 Å². The summed E-state index contributed by atoms with van der Waals surface area (Å²) in [6, 6.07) is 4.09. The van der Waals surface area contributed by atoms with Crippen LogP contribution in [0.5, 0.6) is 0 Å². The normalized spacial score (nSPS) is 17.1. The molecule has 4 nitrogen and oxygen atoms in total. The molecule has 0 aliphatic carbocycles. The van der Waals surface area contributed by atoms with E-state index in [1.165, 1.54) is 25.3 Å². The quantitative estimate of drug-likeness (QED) is 0.899. The van der Waals surface area contributed by atoms with E-state index in [4.69, 9.17) is 16.3 Å². The zero-order chi connectivity index (χ0) is 13.9. The van der Waals surface area contributed by atoms with Gasteiger partial charge in [-0.05, 0) is 44.1 Å². The summed E-state index contributed by atoms with van der Waals surface area (Å²) in [6.07, 6.45) is 1.20. The van der Waals surface area contributed by atoms with E-state index >= 15 is 0 Å². The molecule has 0 bridgehead atoms. The molecule has 2 rings (SSSR count). The number of anilines is 1. The van der Waals surface area contributed by atoms with Crippen LogP contribution in [0.4, 0.5) is 10.1 Å². The monoisotopic (exact) mass is 322 g/mol. The molecule has 2 N–H and O–H groups in total. The van der Waals surface area contributed by atoms with Crippen molar-refractivity contribution in [2.24, 2.45) is 0 Å². The predicted octanol–water partition coefficient (Wildman–Crippen LogP) is 2.61. The molecule has 1 amide bonds. The zero-order valence-corrected chi connectivity index (χ0v) is 12.6. The van der Waals surface area contributed by atoms with Crippen LogP contribution in [0.2, 0.25) is 5.02 Å². The Morgan fingerprint density at radius 3 is 2.65 bits per heavy atom. The fraction of sp³-hybridized carbons (Fsp3) is 0.462. The maximum absolute atomic E-state index is 13.1. The number of piperidine rings is 1. The first kappa shape index (κ1) is 17.2. The van der Waals surface area contributed by atoms with Gasteiger partial charge in [0.15, 0.2) is 0 Å². The van der Waals surface area contributed by atoms with Crippen LogP contribution in [-0.4, -0.2) is 31.7 Å². The second kappa shape index (κ2) is 7.22. The lowest BCUT2D eigenvalue weighted by molar-refractivity contribution is -0.140. The Bertz CT molecular complexity index is 479. The van der Waals surface area contributed by atoms with Crippen LogP contribution in [-0.2, 0) is 9.53 Å². The molecular formula is C13H17Cl2FN2O2. The number of benzene rings is 1. The van der Waals surface area contributed by atoms with Gasteiger partial charge in [-0.15, -0.1) is 12.4 Å². The highest BCUT2D eigenvalue weighted by Crippen LogP contribution is 2.26. The van der Waals surface area contributed by atoms with Gasteiger partial charge < -0.3 is 15.4 Å². The highest BCUT2D eigenvalue weighted by molar-refractivity contribution is 6.31. The molecule has 1 aromatic carbocycles. The summed E-state index contributed by atoms with van der Waals surface area (Å²) < 4.78 is 18.5. The SMILES string of the molecule is COC1(C(=O)Nc2ccc(F)c(Cl)c2)CCNCC1.Cl. The van der Waals surface area contributed by atoms with Gasteiger partial charge in [0.2, 0.25) is 0 Å². The van der Waals surface area contributed by atoms with Gasteiger partial charge >= 0.3 is 0 Å². The van der Waals surface area contributed by atoms with E-state index in [1.807, 2.05) is 0 Å². The second-order valence-corrected chi connectivity index (χ2v) is 4.94. The summed E-state index contributed by atoms with van der Waals surface area (Å²) in [7, 11) is 1.53. The van der Waals surface area contributed by atoms with E-state index < -0.39 is 11.4 Å². The Morgan fingerprint density at radius 1 is 1.45 bits per heavy atom. The van der Waals surface area contributed by atoms with E-state index in [0.29, 0.717) is 18.5 Å². The lowest BCUT2D eigenvalue weighted by atomic mass is 9.91. The topological polar surface area (TPSA) is 50.4 Å². The van der Waals surface area contributed by atoms with Gasteiger partial charge in [-0.2, -0.15) is 0 Å². The summed E-state index contributed by atoms with van der Waals surface area (Å²) in [5, 5.41) is 5.89. The first-order chi connectivity index (χ1) is 9.07. The fourth-order valence-electron chi connectivity index (χ4n) is 2.17. The van der Waals surface area contributed by atoms with Crippen LogP contribution in [0.25, 0.3) is 0 Å². The molecule has 0 spiro atoms. The van der Waals surface area contributed by atoms with E-state index in [9.17, 15) is 9.18 Å². The van der Waals surface area contributed by atoms with Crippen LogP contribution in [0.15, 0.2) is 18.2 Å². The molecular weight excluding hydrogens is 306 g/mol. The van der Waals surface area contributed by atoms with Crippen molar-refractivity contribution < 1.29 is 13.9 Å². The third-order valence-electron chi connectivity index (χ3n) is 3.39. The molecule has 0 saturated carbocycles. The molecule has 20 heavy (non-hydrogen) atoms. The Morgan fingerprint density at radius 2 is 2.10 bits per heavy atom. The largest absolute Gasteiger partial charge is 0.368 e. The number of hydrogen-bond donors (Lipinski definition) is 2. The lowest BCUT2D eigenvalue weighted by Crippen LogP contribution is -2.51. The minimum absolute atomic E-state index is 0. The second-order valence-electron chi connectivity index (χ2n) is 4.53. The Kier molecular flexibility index (Phi) is 6.20. The third-order valence-corrected chi connectivity index (χ3v) is 3.68. The van der Waals surface area contributed by atoms with Crippen molar-refractivity contribution in [3.8, 4) is 0 Å². The maximum atomic E-state index is 13.1. The molecule has 1 aromatic rings. The maximum Gasteiger partial charge on any atom is 0.256 e. The highest BCUT2D eigenvalue weighted by atomic mass is 35.5. The van der Waals surface area contributed by atoms with E-state index in [1.54, 1.807) is 0 Å². The number of ether oxygens (including phenoxy) is 1. The van der Waals surface area contributed by atoms with Crippen molar-refractivity contribution in [1.82, 2.24) is 5.32 Å². The molecule has 0 unspecified atom stereocenters. The van der Waals surface area contributed by atoms with Crippen LogP contribution < -0.4 is 10.6 Å². The van der Waals surface area contributed by atoms with Crippen molar-refractivity contribution in [2.75, 3.05) is 25.5 Å². The summed E-state index contributed by atoms with van der Waals surface area (Å²) >= 11 is 5.68. The molecule has 1 saturated heterocycles. The number of rotatable bonds is 3. The van der Waals surface area contributed by atoms with Crippen molar-refractivity contribution >= 4 is 35.6 Å². The van der Waals surface area contributed by atoms with Gasteiger partial charge in [0.05, 0.1) is 5.02 Å². The van der Waals surface area contributed by atoms with Crippen molar-refractivity contribution in [3.63, 3.8) is 0 Å². The van der Waals surface area contributed by atoms with Gasteiger partial charge in [-0.3, -0.25) is 4.79 Å². The highest BCUT2D eigenvalue weighted by Gasteiger charge is 2.39. The van der Waals surface area contributed by atoms with Crippen LogP contribution in [0, 0.1) is 5.82 Å². The molecule has 1 aliphatic heterocycles.